The highest BCUT2D eigenvalue weighted by Crippen LogP contribution is 2.32. The Bertz CT molecular complexity index is 1050. The number of Topliss-reactive ketones (excluding diaryl/α,β-unsaturated/α-hetero) is 1. The largest absolute Gasteiger partial charge is 0.492 e. The average molecular weight is 465 g/mol. The Morgan fingerprint density at radius 1 is 1.12 bits per heavy atom. The predicted molar refractivity (Wildman–Crippen MR) is 128 cm³/mol. The summed E-state index contributed by atoms with van der Waals surface area (Å²) in [5.74, 6) is 2.19. The number of hydrogen-bond donors (Lipinski definition) is 1. The summed E-state index contributed by atoms with van der Waals surface area (Å²) in [6, 6.07) is 13.9. The van der Waals surface area contributed by atoms with E-state index in [9.17, 15) is 14.9 Å². The van der Waals surface area contributed by atoms with Gasteiger partial charge in [0.25, 0.3) is 0 Å². The quantitative estimate of drug-likeness (QED) is 0.495. The highest BCUT2D eigenvalue weighted by Gasteiger charge is 2.24. The number of nitrogens with one attached hydrogen (secondary N) is 1. The molecule has 3 rings (SSSR count). The third-order valence-electron chi connectivity index (χ3n) is 5.27. The van der Waals surface area contributed by atoms with Crippen LogP contribution in [-0.2, 0) is 16.0 Å². The number of alkyl carbamates (subject to hydrolysis) is 1. The first-order valence-electron chi connectivity index (χ1n) is 11.6. The zero-order valence-electron chi connectivity index (χ0n) is 20.2. The molecule has 1 saturated carbocycles. The third kappa shape index (κ3) is 7.80. The van der Waals surface area contributed by atoms with Crippen molar-refractivity contribution in [3.63, 3.8) is 0 Å². The van der Waals surface area contributed by atoms with Crippen LogP contribution in [0.25, 0.3) is 0 Å². The molecule has 0 heterocycles. The summed E-state index contributed by atoms with van der Waals surface area (Å²) in [6.07, 6.45) is 2.40. The molecule has 1 aliphatic carbocycles. The molecule has 34 heavy (non-hydrogen) atoms. The number of ether oxygens (including phenoxy) is 3. The standard InChI is InChI=1S/C27H32N2O5/c1-5-23(29-26(31)34-27(2,3)4)24(30)14-18-8-11-21(12-9-18)33-22-13-10-20(16-28)25(15-22)32-17-19-6-7-19/h8-13,15,19,23H,5-7,14,17H2,1-4H3,(H,29,31)/t23-/m1/s1. The van der Waals surface area contributed by atoms with Gasteiger partial charge in [0.2, 0.25) is 0 Å². The van der Waals surface area contributed by atoms with E-state index in [1.807, 2.05) is 19.1 Å². The van der Waals surface area contributed by atoms with Gasteiger partial charge in [0, 0.05) is 12.5 Å². The molecule has 2 aromatic carbocycles. The van der Waals surface area contributed by atoms with Crippen LogP contribution in [-0.4, -0.2) is 30.1 Å². The Morgan fingerprint density at radius 2 is 1.79 bits per heavy atom. The number of hydrogen-bond acceptors (Lipinski definition) is 6. The van der Waals surface area contributed by atoms with Crippen LogP contribution < -0.4 is 14.8 Å². The molecule has 0 radical (unpaired) electrons. The first-order chi connectivity index (χ1) is 16.2. The number of amides is 1. The van der Waals surface area contributed by atoms with Gasteiger partial charge in [-0.05, 0) is 75.8 Å². The zero-order chi connectivity index (χ0) is 24.7. The van der Waals surface area contributed by atoms with Crippen LogP contribution in [0.5, 0.6) is 17.2 Å². The van der Waals surface area contributed by atoms with E-state index in [4.69, 9.17) is 14.2 Å². The van der Waals surface area contributed by atoms with Crippen LogP contribution in [0, 0.1) is 17.2 Å². The van der Waals surface area contributed by atoms with Gasteiger partial charge in [-0.15, -0.1) is 0 Å². The molecular weight excluding hydrogens is 432 g/mol. The molecule has 1 N–H and O–H groups in total. The maximum Gasteiger partial charge on any atom is 0.408 e. The SMILES string of the molecule is CC[C@@H](NC(=O)OC(C)(C)C)C(=O)Cc1ccc(Oc2ccc(C#N)c(OCC3CC3)c2)cc1. The number of rotatable bonds is 10. The van der Waals surface area contributed by atoms with Crippen LogP contribution >= 0.6 is 0 Å². The van der Waals surface area contributed by atoms with Gasteiger partial charge in [-0.2, -0.15) is 5.26 Å². The molecular formula is C27H32N2O5. The second-order valence-corrected chi connectivity index (χ2v) is 9.52. The van der Waals surface area contributed by atoms with E-state index in [-0.39, 0.29) is 12.2 Å². The van der Waals surface area contributed by atoms with Gasteiger partial charge in [0.15, 0.2) is 5.78 Å². The summed E-state index contributed by atoms with van der Waals surface area (Å²) in [5, 5.41) is 12.0. The Morgan fingerprint density at radius 3 is 2.38 bits per heavy atom. The van der Waals surface area contributed by atoms with Crippen molar-refractivity contribution < 1.29 is 23.8 Å². The minimum absolute atomic E-state index is 0.0911. The third-order valence-corrected chi connectivity index (χ3v) is 5.27. The Kier molecular flexibility index (Phi) is 8.17. The van der Waals surface area contributed by atoms with Crippen molar-refractivity contribution in [3.05, 3.63) is 53.6 Å². The molecule has 0 aromatic heterocycles. The van der Waals surface area contributed by atoms with Crippen molar-refractivity contribution in [3.8, 4) is 23.3 Å². The lowest BCUT2D eigenvalue weighted by Crippen LogP contribution is -2.43. The molecule has 0 bridgehead atoms. The van der Waals surface area contributed by atoms with Crippen molar-refractivity contribution in [2.24, 2.45) is 5.92 Å². The normalized spacial score (nSPS) is 14.0. The molecule has 0 spiro atoms. The minimum Gasteiger partial charge on any atom is -0.492 e. The molecule has 2 aromatic rings. The molecule has 0 aliphatic heterocycles. The fourth-order valence-electron chi connectivity index (χ4n) is 3.27. The molecule has 0 unspecified atom stereocenters. The second kappa shape index (κ2) is 11.1. The fourth-order valence-corrected chi connectivity index (χ4v) is 3.27. The maximum atomic E-state index is 12.7. The lowest BCUT2D eigenvalue weighted by Gasteiger charge is -2.22. The monoisotopic (exact) mass is 464 g/mol. The summed E-state index contributed by atoms with van der Waals surface area (Å²) in [5.41, 5.74) is 0.669. The minimum atomic E-state index is -0.625. The van der Waals surface area contributed by atoms with Crippen molar-refractivity contribution >= 4 is 11.9 Å². The fraction of sp³-hybridized carbons (Fsp3) is 0.444. The molecule has 1 aliphatic rings. The summed E-state index contributed by atoms with van der Waals surface area (Å²) >= 11 is 0. The Hall–Kier alpha value is -3.53. The number of carbonyl (C=O) groups excluding carboxylic acids is 2. The number of ketones is 1. The molecule has 1 atom stereocenters. The van der Waals surface area contributed by atoms with Crippen LogP contribution in [0.3, 0.4) is 0 Å². The van der Waals surface area contributed by atoms with Crippen molar-refractivity contribution in [1.29, 1.82) is 5.26 Å². The molecule has 180 valence electrons. The highest BCUT2D eigenvalue weighted by molar-refractivity contribution is 5.89. The molecule has 1 fully saturated rings. The van der Waals surface area contributed by atoms with Crippen molar-refractivity contribution in [2.75, 3.05) is 6.61 Å². The summed E-state index contributed by atoms with van der Waals surface area (Å²) < 4.78 is 17.0. The van der Waals surface area contributed by atoms with Gasteiger partial charge < -0.3 is 19.5 Å². The Balaban J connectivity index is 1.58. The topological polar surface area (TPSA) is 97.6 Å². The van der Waals surface area contributed by atoms with E-state index in [2.05, 4.69) is 11.4 Å². The highest BCUT2D eigenvalue weighted by atomic mass is 16.6. The van der Waals surface area contributed by atoms with Crippen LogP contribution in [0.1, 0.15) is 58.1 Å². The zero-order valence-corrected chi connectivity index (χ0v) is 20.2. The van der Waals surface area contributed by atoms with E-state index >= 15 is 0 Å². The summed E-state index contributed by atoms with van der Waals surface area (Å²) in [6.45, 7) is 7.79. The first-order valence-corrected chi connectivity index (χ1v) is 11.6. The van der Waals surface area contributed by atoms with Gasteiger partial charge in [0.1, 0.15) is 28.9 Å². The molecule has 7 heteroatoms. The van der Waals surface area contributed by atoms with Gasteiger partial charge in [0.05, 0.1) is 18.2 Å². The number of benzene rings is 2. The smallest absolute Gasteiger partial charge is 0.408 e. The van der Waals surface area contributed by atoms with Crippen molar-refractivity contribution in [1.82, 2.24) is 5.32 Å². The summed E-state index contributed by atoms with van der Waals surface area (Å²) in [7, 11) is 0. The van der Waals surface area contributed by atoms with Gasteiger partial charge in [-0.3, -0.25) is 4.79 Å². The van der Waals surface area contributed by atoms with Crippen molar-refractivity contribution in [2.45, 2.75) is 65.0 Å². The van der Waals surface area contributed by atoms with Gasteiger partial charge in [-0.1, -0.05) is 19.1 Å². The summed E-state index contributed by atoms with van der Waals surface area (Å²) in [4.78, 5) is 24.7. The van der Waals surface area contributed by atoms with Crippen LogP contribution in [0.4, 0.5) is 4.79 Å². The van der Waals surface area contributed by atoms with E-state index in [1.54, 1.807) is 51.1 Å². The number of carbonyl (C=O) groups is 2. The second-order valence-electron chi connectivity index (χ2n) is 9.52. The molecule has 7 nitrogen and oxygen atoms in total. The Labute approximate surface area is 201 Å². The predicted octanol–water partition coefficient (Wildman–Crippen LogP) is 5.55. The van der Waals surface area contributed by atoms with Gasteiger partial charge >= 0.3 is 6.09 Å². The van der Waals surface area contributed by atoms with Crippen LogP contribution in [0.2, 0.25) is 0 Å². The molecule has 1 amide bonds. The number of nitrogens with zero attached hydrogens (tertiary/aromatic N) is 1. The van der Waals surface area contributed by atoms with Crippen LogP contribution in [0.15, 0.2) is 42.5 Å². The first kappa shape index (κ1) is 25.1. The molecule has 0 saturated heterocycles. The number of nitriles is 1. The maximum absolute atomic E-state index is 12.7. The lowest BCUT2D eigenvalue weighted by molar-refractivity contribution is -0.120. The lowest BCUT2D eigenvalue weighted by atomic mass is 10.0. The van der Waals surface area contributed by atoms with E-state index in [1.165, 1.54) is 12.8 Å². The van der Waals surface area contributed by atoms with Gasteiger partial charge in [-0.25, -0.2) is 4.79 Å². The van der Waals surface area contributed by atoms with E-state index in [0.29, 0.717) is 41.8 Å². The van der Waals surface area contributed by atoms with E-state index < -0.39 is 17.7 Å². The van der Waals surface area contributed by atoms with E-state index in [0.717, 1.165) is 5.56 Å². The average Bonchev–Trinajstić information content (AvgIpc) is 3.61.